The van der Waals surface area contributed by atoms with Crippen LogP contribution >= 0.6 is 0 Å². The van der Waals surface area contributed by atoms with Crippen LogP contribution in [0.5, 0.6) is 0 Å². The zero-order valence-corrected chi connectivity index (χ0v) is 19.5. The molecule has 2 aliphatic heterocycles. The zero-order chi connectivity index (χ0) is 20.8. The second-order valence-electron chi connectivity index (χ2n) is 8.37. The summed E-state index contributed by atoms with van der Waals surface area (Å²) in [5.74, 6) is 0.952. The van der Waals surface area contributed by atoms with Crippen LogP contribution < -0.4 is 0 Å². The van der Waals surface area contributed by atoms with Crippen molar-refractivity contribution in [2.45, 2.75) is 45.1 Å². The molecule has 0 unspecified atom stereocenters. The third-order valence-corrected chi connectivity index (χ3v) is 7.79. The molecule has 0 N–H and O–H groups in total. The number of amides is 1. The predicted octanol–water partition coefficient (Wildman–Crippen LogP) is 4.37. The molecular formula is C22H26CrN2O3Si. The van der Waals surface area contributed by atoms with Gasteiger partial charge in [-0.2, -0.15) is 0 Å². The normalized spacial score (nSPS) is 22.5. The molecule has 0 bridgehead atoms. The summed E-state index contributed by atoms with van der Waals surface area (Å²) >= 11 is 3.13. The maximum atomic E-state index is 13.3. The van der Waals surface area contributed by atoms with Crippen LogP contribution in [-0.2, 0) is 25.4 Å². The molecule has 152 valence electrons. The Balaban J connectivity index is 1.93. The summed E-state index contributed by atoms with van der Waals surface area (Å²) in [5, 5.41) is 5.24. The molecule has 1 saturated heterocycles. The maximum absolute atomic E-state index is 13.3. The number of fused-ring (bicyclic) bond motifs is 1. The molecule has 1 aromatic carbocycles. The number of ether oxygens (including phenoxy) is 1. The minimum absolute atomic E-state index is 0.0444. The molecule has 1 amide bonds. The number of carbonyl (C=O) groups is 1. The SMILES string of the molecule is CCO[C](=[Cr])C1=C([Si](C)(C)C)N2C(=O)C[C@@H](c3ccccc3)N2[C@H]1c1ccco1. The van der Waals surface area contributed by atoms with E-state index in [9.17, 15) is 4.79 Å². The Morgan fingerprint density at radius 1 is 1.21 bits per heavy atom. The summed E-state index contributed by atoms with van der Waals surface area (Å²) in [4.78, 5) is 13.3. The topological polar surface area (TPSA) is 45.9 Å². The average Bonchev–Trinajstić information content (AvgIpc) is 3.38. The van der Waals surface area contributed by atoms with Crippen LogP contribution in [0.25, 0.3) is 0 Å². The van der Waals surface area contributed by atoms with Crippen molar-refractivity contribution in [1.29, 1.82) is 0 Å². The Morgan fingerprint density at radius 3 is 2.52 bits per heavy atom. The number of hydrazine groups is 1. The van der Waals surface area contributed by atoms with Gasteiger partial charge in [-0.25, -0.2) is 0 Å². The number of hydrogen-bond acceptors (Lipinski definition) is 4. The summed E-state index contributed by atoms with van der Waals surface area (Å²) < 4.78 is 12.6. The van der Waals surface area contributed by atoms with Crippen molar-refractivity contribution in [3.05, 3.63) is 70.9 Å². The van der Waals surface area contributed by atoms with Crippen molar-refractivity contribution >= 4 is 18.5 Å². The summed E-state index contributed by atoms with van der Waals surface area (Å²) in [6, 6.07) is 13.9. The summed E-state index contributed by atoms with van der Waals surface area (Å²) in [6.45, 7) is 9.35. The monoisotopic (exact) mass is 446 g/mol. The van der Waals surface area contributed by atoms with E-state index < -0.39 is 8.07 Å². The molecule has 1 fully saturated rings. The quantitative estimate of drug-likeness (QED) is 0.619. The van der Waals surface area contributed by atoms with Gasteiger partial charge in [0.1, 0.15) is 0 Å². The van der Waals surface area contributed by atoms with E-state index in [4.69, 9.17) is 9.15 Å². The van der Waals surface area contributed by atoms with Crippen LogP contribution in [0.1, 0.15) is 36.8 Å². The number of furan rings is 1. The first-order valence-electron chi connectivity index (χ1n) is 9.96. The number of rotatable bonds is 6. The standard InChI is InChI=1S/C22H26N2O3Si.Cr/c1-5-26-15-17-21(19-12-9-13-27-19)23-18(16-10-7-6-8-11-16)14-20(25)24(23)22(17)28(2,3)4;/h6-13,18,21H,5,14H2,1-4H3;/t18-,21+;/m0./s1. The molecule has 2 atom stereocenters. The molecule has 1 aromatic heterocycles. The van der Waals surface area contributed by atoms with Crippen LogP contribution in [0.15, 0.2) is 64.0 Å². The van der Waals surface area contributed by atoms with Crippen molar-refractivity contribution in [2.75, 3.05) is 6.61 Å². The van der Waals surface area contributed by atoms with Crippen molar-refractivity contribution in [2.24, 2.45) is 0 Å². The Kier molecular flexibility index (Phi) is 5.54. The van der Waals surface area contributed by atoms with Crippen molar-refractivity contribution in [1.82, 2.24) is 10.0 Å². The minimum atomic E-state index is -1.91. The molecule has 0 aliphatic carbocycles. The van der Waals surface area contributed by atoms with Gasteiger partial charge in [0.15, 0.2) is 0 Å². The van der Waals surface area contributed by atoms with Crippen molar-refractivity contribution in [3.63, 3.8) is 0 Å². The number of carbonyl (C=O) groups excluding carboxylic acids is 1. The average molecular weight is 447 g/mol. The Morgan fingerprint density at radius 2 is 1.93 bits per heavy atom. The molecular weight excluding hydrogens is 420 g/mol. The van der Waals surface area contributed by atoms with Crippen LogP contribution in [0.2, 0.25) is 19.6 Å². The first-order valence-corrected chi connectivity index (χ1v) is 14.1. The van der Waals surface area contributed by atoms with E-state index in [2.05, 4.69) is 52.6 Å². The van der Waals surface area contributed by atoms with E-state index in [0.29, 0.717) is 13.0 Å². The fourth-order valence-corrected chi connectivity index (χ4v) is 6.92. The molecule has 29 heavy (non-hydrogen) atoms. The second-order valence-corrected chi connectivity index (χ2v) is 13.9. The third-order valence-electron chi connectivity index (χ3n) is 5.36. The van der Waals surface area contributed by atoms with Gasteiger partial charge in [0.05, 0.1) is 0 Å². The first-order chi connectivity index (χ1) is 13.8. The van der Waals surface area contributed by atoms with E-state index in [1.807, 2.05) is 42.3 Å². The van der Waals surface area contributed by atoms with Gasteiger partial charge in [0, 0.05) is 0 Å². The first kappa shape index (κ1) is 20.5. The Bertz CT molecular complexity index is 950. The molecule has 4 rings (SSSR count). The van der Waals surface area contributed by atoms with E-state index in [0.717, 1.165) is 26.8 Å². The number of hydrogen-bond donors (Lipinski definition) is 0. The summed E-state index contributed by atoms with van der Waals surface area (Å²) in [7, 11) is -1.91. The van der Waals surface area contributed by atoms with Crippen LogP contribution in [-0.4, -0.2) is 35.2 Å². The third kappa shape index (κ3) is 3.52. The van der Waals surface area contributed by atoms with Gasteiger partial charge in [-0.15, -0.1) is 0 Å². The van der Waals surface area contributed by atoms with Gasteiger partial charge >= 0.3 is 181 Å². The van der Waals surface area contributed by atoms with E-state index in [1.54, 1.807) is 6.26 Å². The van der Waals surface area contributed by atoms with Gasteiger partial charge in [0.25, 0.3) is 0 Å². The van der Waals surface area contributed by atoms with Crippen molar-refractivity contribution < 1.29 is 29.8 Å². The van der Waals surface area contributed by atoms with Gasteiger partial charge < -0.3 is 0 Å². The second kappa shape index (κ2) is 7.82. The van der Waals surface area contributed by atoms with E-state index >= 15 is 0 Å². The molecule has 0 radical (unpaired) electrons. The molecule has 3 heterocycles. The molecule has 0 spiro atoms. The Hall–Kier alpha value is -1.75. The van der Waals surface area contributed by atoms with Crippen LogP contribution in [0.4, 0.5) is 0 Å². The van der Waals surface area contributed by atoms with Gasteiger partial charge in [-0.05, 0) is 0 Å². The van der Waals surface area contributed by atoms with E-state index in [1.165, 1.54) is 0 Å². The molecule has 7 heteroatoms. The van der Waals surface area contributed by atoms with Crippen LogP contribution in [0, 0.1) is 0 Å². The van der Waals surface area contributed by atoms with Gasteiger partial charge in [0.2, 0.25) is 0 Å². The zero-order valence-electron chi connectivity index (χ0n) is 17.2. The van der Waals surface area contributed by atoms with Crippen LogP contribution in [0.3, 0.4) is 0 Å². The number of benzene rings is 1. The number of nitrogens with zero attached hydrogens (tertiary/aromatic N) is 2. The van der Waals surface area contributed by atoms with Crippen molar-refractivity contribution in [3.8, 4) is 0 Å². The van der Waals surface area contributed by atoms with Gasteiger partial charge in [-0.3, -0.25) is 0 Å². The fraction of sp³-hybridized carbons (Fsp3) is 0.364. The van der Waals surface area contributed by atoms with Gasteiger partial charge in [-0.1, -0.05) is 0 Å². The molecule has 5 nitrogen and oxygen atoms in total. The summed E-state index contributed by atoms with van der Waals surface area (Å²) in [5.41, 5.74) is 2.17. The molecule has 2 aromatic rings. The van der Waals surface area contributed by atoms with E-state index in [-0.39, 0.29) is 18.0 Å². The molecule has 0 saturated carbocycles. The Labute approximate surface area is 180 Å². The summed E-state index contributed by atoms with van der Waals surface area (Å²) in [6.07, 6.45) is 2.15. The fourth-order valence-electron chi connectivity index (χ4n) is 4.33. The molecule has 2 aliphatic rings. The predicted molar refractivity (Wildman–Crippen MR) is 111 cm³/mol.